The van der Waals surface area contributed by atoms with Crippen molar-refractivity contribution in [2.45, 2.75) is 33.2 Å². The highest BCUT2D eigenvalue weighted by Crippen LogP contribution is 2.27. The van der Waals surface area contributed by atoms with Crippen molar-refractivity contribution in [1.29, 1.82) is 0 Å². The van der Waals surface area contributed by atoms with Crippen molar-refractivity contribution in [2.24, 2.45) is 0 Å². The molecule has 6 heteroatoms. The highest BCUT2D eigenvalue weighted by Gasteiger charge is 2.15. The molecule has 0 saturated carbocycles. The first-order valence-corrected chi connectivity index (χ1v) is 7.08. The van der Waals surface area contributed by atoms with Gasteiger partial charge in [-0.2, -0.15) is 0 Å². The van der Waals surface area contributed by atoms with Crippen molar-refractivity contribution in [2.75, 3.05) is 5.32 Å². The van der Waals surface area contributed by atoms with Crippen molar-refractivity contribution >= 4 is 34.1 Å². The molecule has 20 heavy (non-hydrogen) atoms. The highest BCUT2D eigenvalue weighted by molar-refractivity contribution is 6.35. The van der Waals surface area contributed by atoms with Crippen LogP contribution in [0.15, 0.2) is 18.2 Å². The van der Waals surface area contributed by atoms with Crippen LogP contribution in [0.1, 0.15) is 26.6 Å². The minimum atomic E-state index is 0.257. The molecule has 0 amide bonds. The van der Waals surface area contributed by atoms with Gasteiger partial charge in [-0.15, -0.1) is 10.2 Å². The average Bonchev–Trinajstić information content (AvgIpc) is 2.84. The molecule has 1 aromatic carbocycles. The molecule has 1 N–H and O–H groups in total. The summed E-state index contributed by atoms with van der Waals surface area (Å²) in [6, 6.07) is 6.01. The lowest BCUT2D eigenvalue weighted by molar-refractivity contribution is 0.889. The maximum atomic E-state index is 6.28. The number of para-hydroxylation sites is 1. The van der Waals surface area contributed by atoms with Crippen molar-refractivity contribution in [3.63, 3.8) is 0 Å². The fraction of sp³-hybridized carbons (Fsp3) is 0.357. The largest absolute Gasteiger partial charge is 0.365 e. The molecule has 0 aliphatic rings. The third-order valence-electron chi connectivity index (χ3n) is 3.11. The molecule has 104 valence electrons. The number of halogens is 1. The monoisotopic (exact) mass is 289 g/mol. The van der Waals surface area contributed by atoms with Crippen LogP contribution in [0.3, 0.4) is 0 Å². The first-order chi connectivity index (χ1) is 9.61. The van der Waals surface area contributed by atoms with Gasteiger partial charge in [0, 0.05) is 12.5 Å². The number of nitrogens with one attached hydrogen (secondary N) is 1. The first kappa shape index (κ1) is 13.1. The Bertz CT molecular complexity index is 778. The van der Waals surface area contributed by atoms with E-state index < -0.39 is 0 Å². The molecule has 5 nitrogen and oxygen atoms in total. The fourth-order valence-corrected chi connectivity index (χ4v) is 2.49. The molecule has 0 atom stereocenters. The predicted molar refractivity (Wildman–Crippen MR) is 81.4 cm³/mol. The summed E-state index contributed by atoms with van der Waals surface area (Å²) in [4.78, 5) is 4.62. The zero-order chi connectivity index (χ0) is 14.3. The van der Waals surface area contributed by atoms with Crippen molar-refractivity contribution in [1.82, 2.24) is 19.6 Å². The van der Waals surface area contributed by atoms with Crippen LogP contribution in [0.25, 0.3) is 16.7 Å². The fourth-order valence-electron chi connectivity index (χ4n) is 2.28. The smallest absolute Gasteiger partial charge is 0.204 e. The summed E-state index contributed by atoms with van der Waals surface area (Å²) in [7, 11) is 0. The molecular formula is C14H16ClN5. The van der Waals surface area contributed by atoms with E-state index in [9.17, 15) is 0 Å². The molecule has 0 spiro atoms. The lowest BCUT2D eigenvalue weighted by atomic mass is 10.3. The van der Waals surface area contributed by atoms with Gasteiger partial charge in [-0.3, -0.25) is 4.40 Å². The summed E-state index contributed by atoms with van der Waals surface area (Å²) >= 11 is 6.28. The maximum absolute atomic E-state index is 6.28. The van der Waals surface area contributed by atoms with Crippen LogP contribution in [0, 0.1) is 0 Å². The van der Waals surface area contributed by atoms with Gasteiger partial charge in [-0.25, -0.2) is 4.98 Å². The maximum Gasteiger partial charge on any atom is 0.204 e. The van der Waals surface area contributed by atoms with Crippen molar-refractivity contribution < 1.29 is 0 Å². The molecule has 0 fully saturated rings. The Balaban J connectivity index is 2.44. The van der Waals surface area contributed by atoms with Gasteiger partial charge in [0.25, 0.3) is 0 Å². The molecule has 0 aliphatic carbocycles. The summed E-state index contributed by atoms with van der Waals surface area (Å²) in [5, 5.41) is 12.5. The molecule has 3 aromatic rings. The van der Waals surface area contributed by atoms with Gasteiger partial charge in [0.05, 0.1) is 10.5 Å². The van der Waals surface area contributed by atoms with E-state index >= 15 is 0 Å². The summed E-state index contributed by atoms with van der Waals surface area (Å²) < 4.78 is 2.03. The normalized spacial score (nSPS) is 11.7. The van der Waals surface area contributed by atoms with Gasteiger partial charge in [0.2, 0.25) is 5.65 Å². The average molecular weight is 290 g/mol. The minimum absolute atomic E-state index is 0.257. The van der Waals surface area contributed by atoms with Crippen LogP contribution in [-0.2, 0) is 6.42 Å². The molecule has 0 unspecified atom stereocenters. The topological polar surface area (TPSA) is 55.1 Å². The van der Waals surface area contributed by atoms with Gasteiger partial charge in [-0.1, -0.05) is 24.6 Å². The van der Waals surface area contributed by atoms with Gasteiger partial charge in [0.1, 0.15) is 11.3 Å². The Morgan fingerprint density at radius 3 is 2.80 bits per heavy atom. The van der Waals surface area contributed by atoms with Crippen LogP contribution in [-0.4, -0.2) is 25.6 Å². The molecule has 0 saturated heterocycles. The van der Waals surface area contributed by atoms with Crippen LogP contribution >= 0.6 is 11.6 Å². The van der Waals surface area contributed by atoms with Gasteiger partial charge in [0.15, 0.2) is 5.82 Å². The van der Waals surface area contributed by atoms with E-state index in [2.05, 4.69) is 41.3 Å². The second kappa shape index (κ2) is 4.90. The second-order valence-corrected chi connectivity index (χ2v) is 5.40. The van der Waals surface area contributed by atoms with Crippen LogP contribution in [0.2, 0.25) is 5.02 Å². The number of hydrogen-bond acceptors (Lipinski definition) is 4. The number of benzene rings is 1. The van der Waals surface area contributed by atoms with Crippen LogP contribution < -0.4 is 5.32 Å². The first-order valence-electron chi connectivity index (χ1n) is 6.70. The van der Waals surface area contributed by atoms with E-state index in [0.29, 0.717) is 10.8 Å². The number of aryl methyl sites for hydroxylation is 1. The van der Waals surface area contributed by atoms with Crippen LogP contribution in [0.5, 0.6) is 0 Å². The second-order valence-electron chi connectivity index (χ2n) is 5.00. The van der Waals surface area contributed by atoms with Gasteiger partial charge >= 0.3 is 0 Å². The van der Waals surface area contributed by atoms with E-state index in [1.165, 1.54) is 0 Å². The number of rotatable bonds is 3. The van der Waals surface area contributed by atoms with Gasteiger partial charge < -0.3 is 5.32 Å². The SMILES string of the molecule is CCc1nnc2c(NC(C)C)nc3c(Cl)cccc3n12. The molecule has 0 radical (unpaired) electrons. The Hall–Kier alpha value is -1.88. The summed E-state index contributed by atoms with van der Waals surface area (Å²) in [5.74, 6) is 1.62. The number of hydrogen-bond donors (Lipinski definition) is 1. The number of fused-ring (bicyclic) bond motifs is 3. The summed E-state index contributed by atoms with van der Waals surface area (Å²) in [6.45, 7) is 6.18. The molecule has 2 heterocycles. The van der Waals surface area contributed by atoms with Crippen molar-refractivity contribution in [3.05, 3.63) is 29.0 Å². The molecule has 3 rings (SSSR count). The standard InChI is InChI=1S/C14H16ClN5/c1-4-11-18-19-14-13(16-8(2)3)17-12-9(15)6-5-7-10(12)20(11)14/h5-8H,4H2,1-3H3,(H,16,17). The summed E-state index contributed by atoms with van der Waals surface area (Å²) in [6.07, 6.45) is 0.800. The van der Waals surface area contributed by atoms with E-state index in [4.69, 9.17) is 11.6 Å². The lowest BCUT2D eigenvalue weighted by Crippen LogP contribution is -2.13. The lowest BCUT2D eigenvalue weighted by Gasteiger charge is -2.12. The third kappa shape index (κ3) is 1.98. The number of nitrogens with zero attached hydrogens (tertiary/aromatic N) is 4. The van der Waals surface area contributed by atoms with Gasteiger partial charge in [-0.05, 0) is 26.0 Å². The van der Waals surface area contributed by atoms with E-state index in [0.717, 1.165) is 28.9 Å². The molecule has 2 aromatic heterocycles. The van der Waals surface area contributed by atoms with E-state index in [1.54, 1.807) is 0 Å². The third-order valence-corrected chi connectivity index (χ3v) is 3.42. The molecular weight excluding hydrogens is 274 g/mol. The quantitative estimate of drug-likeness (QED) is 0.804. The van der Waals surface area contributed by atoms with Crippen molar-refractivity contribution in [3.8, 4) is 0 Å². The zero-order valence-corrected chi connectivity index (χ0v) is 12.4. The number of aromatic nitrogens is 4. The van der Waals surface area contributed by atoms with Crippen LogP contribution in [0.4, 0.5) is 5.82 Å². The summed E-state index contributed by atoms with van der Waals surface area (Å²) in [5.41, 5.74) is 2.44. The Morgan fingerprint density at radius 1 is 1.30 bits per heavy atom. The Labute approximate surface area is 122 Å². The molecule has 0 bridgehead atoms. The highest BCUT2D eigenvalue weighted by atomic mass is 35.5. The predicted octanol–water partition coefficient (Wildman–Crippen LogP) is 3.31. The zero-order valence-electron chi connectivity index (χ0n) is 11.7. The number of anilines is 1. The van der Waals surface area contributed by atoms with E-state index in [1.807, 2.05) is 22.6 Å². The minimum Gasteiger partial charge on any atom is -0.365 e. The Kier molecular flexibility index (Phi) is 3.22. The Morgan fingerprint density at radius 2 is 2.10 bits per heavy atom. The van der Waals surface area contributed by atoms with E-state index in [-0.39, 0.29) is 6.04 Å². The molecule has 0 aliphatic heterocycles.